The van der Waals surface area contributed by atoms with Crippen molar-refractivity contribution >= 4 is 23.2 Å². The van der Waals surface area contributed by atoms with E-state index >= 15 is 0 Å². The summed E-state index contributed by atoms with van der Waals surface area (Å²) < 4.78 is 0. The van der Waals surface area contributed by atoms with Crippen molar-refractivity contribution in [3.8, 4) is 0 Å². The van der Waals surface area contributed by atoms with Crippen LogP contribution in [0.15, 0.2) is 60.7 Å². The molecule has 0 atom stereocenters. The van der Waals surface area contributed by atoms with Crippen LogP contribution in [0, 0.1) is 6.92 Å². The molecule has 0 spiro atoms. The van der Waals surface area contributed by atoms with Crippen LogP contribution in [0.1, 0.15) is 27.9 Å². The predicted molar refractivity (Wildman–Crippen MR) is 103 cm³/mol. The van der Waals surface area contributed by atoms with E-state index in [1.165, 1.54) is 11.3 Å². The number of aromatic nitrogens is 2. The molecular formula is C21H20N4O. The van der Waals surface area contributed by atoms with Crippen LogP contribution < -0.4 is 10.2 Å². The molecule has 130 valence electrons. The van der Waals surface area contributed by atoms with Crippen molar-refractivity contribution in [3.05, 3.63) is 77.4 Å². The van der Waals surface area contributed by atoms with Crippen molar-refractivity contribution in [1.29, 1.82) is 0 Å². The van der Waals surface area contributed by atoms with Gasteiger partial charge in [0.05, 0.1) is 0 Å². The maximum atomic E-state index is 12.4. The van der Waals surface area contributed by atoms with Crippen LogP contribution in [-0.4, -0.2) is 22.6 Å². The second-order valence-corrected chi connectivity index (χ2v) is 6.43. The standard InChI is InChI=1S/C21H20N4O/c1-15-7-2-4-10-17(15)21(26)22-19-12-13-20(24-23-19)25-14-6-9-16-8-3-5-11-18(16)25/h2-5,7-8,10-13H,6,9,14H2,1H3,(H,22,23,26). The minimum absolute atomic E-state index is 0.173. The van der Waals surface area contributed by atoms with Gasteiger partial charge in [-0.1, -0.05) is 36.4 Å². The predicted octanol–water partition coefficient (Wildman–Crippen LogP) is 4.12. The number of hydrogen-bond acceptors (Lipinski definition) is 4. The van der Waals surface area contributed by atoms with E-state index in [1.54, 1.807) is 12.1 Å². The fraction of sp³-hybridized carbons (Fsp3) is 0.190. The van der Waals surface area contributed by atoms with Crippen molar-refractivity contribution in [2.75, 3.05) is 16.8 Å². The molecule has 2 aromatic carbocycles. The van der Waals surface area contributed by atoms with Crippen LogP contribution >= 0.6 is 0 Å². The summed E-state index contributed by atoms with van der Waals surface area (Å²) in [5.74, 6) is 1.08. The smallest absolute Gasteiger partial charge is 0.257 e. The largest absolute Gasteiger partial charge is 0.325 e. The molecule has 1 aliphatic heterocycles. The van der Waals surface area contributed by atoms with Crippen molar-refractivity contribution < 1.29 is 4.79 Å². The van der Waals surface area contributed by atoms with Crippen molar-refractivity contribution in [3.63, 3.8) is 0 Å². The number of benzene rings is 2. The fourth-order valence-electron chi connectivity index (χ4n) is 3.32. The highest BCUT2D eigenvalue weighted by Gasteiger charge is 2.19. The van der Waals surface area contributed by atoms with Crippen molar-refractivity contribution in [1.82, 2.24) is 10.2 Å². The third-order valence-electron chi connectivity index (χ3n) is 4.67. The highest BCUT2D eigenvalue weighted by Crippen LogP contribution is 2.32. The number of carbonyl (C=O) groups excluding carboxylic acids is 1. The Morgan fingerprint density at radius 2 is 1.81 bits per heavy atom. The molecule has 2 heterocycles. The van der Waals surface area contributed by atoms with Crippen molar-refractivity contribution in [2.45, 2.75) is 19.8 Å². The van der Waals surface area contributed by atoms with Gasteiger partial charge in [0.25, 0.3) is 5.91 Å². The average Bonchev–Trinajstić information content (AvgIpc) is 2.68. The number of anilines is 3. The van der Waals surface area contributed by atoms with Gasteiger partial charge in [0, 0.05) is 17.8 Å². The zero-order valence-corrected chi connectivity index (χ0v) is 14.6. The van der Waals surface area contributed by atoms with Gasteiger partial charge >= 0.3 is 0 Å². The Morgan fingerprint density at radius 3 is 2.62 bits per heavy atom. The molecule has 5 nitrogen and oxygen atoms in total. The van der Waals surface area contributed by atoms with Crippen LogP contribution in [0.4, 0.5) is 17.3 Å². The number of aryl methyl sites for hydroxylation is 2. The molecule has 4 rings (SSSR count). The van der Waals surface area contributed by atoms with Gasteiger partial charge in [-0.25, -0.2) is 0 Å². The minimum Gasteiger partial charge on any atom is -0.325 e. The zero-order chi connectivity index (χ0) is 17.9. The molecule has 1 N–H and O–H groups in total. The SMILES string of the molecule is Cc1ccccc1C(=O)Nc1ccc(N2CCCc3ccccc32)nn1. The third kappa shape index (κ3) is 3.16. The van der Waals surface area contributed by atoms with E-state index < -0.39 is 0 Å². The molecular weight excluding hydrogens is 324 g/mol. The van der Waals surface area contributed by atoms with E-state index in [4.69, 9.17) is 0 Å². The number of para-hydroxylation sites is 1. The molecule has 0 fully saturated rings. The Kier molecular flexibility index (Phi) is 4.35. The average molecular weight is 344 g/mol. The van der Waals surface area contributed by atoms with E-state index in [9.17, 15) is 4.79 Å². The first kappa shape index (κ1) is 16.3. The van der Waals surface area contributed by atoms with Gasteiger partial charge in [0.15, 0.2) is 11.6 Å². The third-order valence-corrected chi connectivity index (χ3v) is 4.67. The first-order valence-electron chi connectivity index (χ1n) is 8.78. The van der Waals surface area contributed by atoms with Crippen LogP contribution in [0.3, 0.4) is 0 Å². The first-order valence-corrected chi connectivity index (χ1v) is 8.78. The number of nitrogens with zero attached hydrogens (tertiary/aromatic N) is 3. The van der Waals surface area contributed by atoms with E-state index in [0.29, 0.717) is 11.4 Å². The number of amides is 1. The molecule has 0 saturated carbocycles. The monoisotopic (exact) mass is 344 g/mol. The number of rotatable bonds is 3. The molecule has 3 aromatic rings. The molecule has 5 heteroatoms. The molecule has 1 aliphatic rings. The van der Waals surface area contributed by atoms with Gasteiger partial charge < -0.3 is 10.2 Å². The van der Waals surface area contributed by atoms with E-state index in [1.807, 2.05) is 37.3 Å². The second-order valence-electron chi connectivity index (χ2n) is 6.43. The molecule has 26 heavy (non-hydrogen) atoms. The summed E-state index contributed by atoms with van der Waals surface area (Å²) in [6.45, 7) is 2.83. The Hall–Kier alpha value is -3.21. The van der Waals surface area contributed by atoms with E-state index in [-0.39, 0.29) is 5.91 Å². The van der Waals surface area contributed by atoms with Gasteiger partial charge in [-0.2, -0.15) is 0 Å². The molecule has 0 bridgehead atoms. The summed E-state index contributed by atoms with van der Waals surface area (Å²) in [6.07, 6.45) is 2.18. The summed E-state index contributed by atoms with van der Waals surface area (Å²) in [4.78, 5) is 14.6. The number of carbonyl (C=O) groups is 1. The number of nitrogens with one attached hydrogen (secondary N) is 1. The molecule has 1 aromatic heterocycles. The lowest BCUT2D eigenvalue weighted by Crippen LogP contribution is -2.25. The molecule has 0 aliphatic carbocycles. The minimum atomic E-state index is -0.173. The lowest BCUT2D eigenvalue weighted by Gasteiger charge is -2.29. The van der Waals surface area contributed by atoms with Gasteiger partial charge in [0.1, 0.15) is 0 Å². The van der Waals surface area contributed by atoms with Crippen LogP contribution in [0.2, 0.25) is 0 Å². The summed E-state index contributed by atoms with van der Waals surface area (Å²) in [7, 11) is 0. The van der Waals surface area contributed by atoms with Gasteiger partial charge in [-0.3, -0.25) is 4.79 Å². The molecule has 0 saturated heterocycles. The normalized spacial score (nSPS) is 13.2. The molecule has 0 radical (unpaired) electrons. The summed E-state index contributed by atoms with van der Waals surface area (Å²) in [5, 5.41) is 11.3. The Labute approximate surface area is 152 Å². The van der Waals surface area contributed by atoms with Crippen LogP contribution in [0.25, 0.3) is 0 Å². The second kappa shape index (κ2) is 6.96. The maximum Gasteiger partial charge on any atom is 0.257 e. The van der Waals surface area contributed by atoms with Gasteiger partial charge in [0.2, 0.25) is 0 Å². The number of hydrogen-bond donors (Lipinski definition) is 1. The fourth-order valence-corrected chi connectivity index (χ4v) is 3.32. The maximum absolute atomic E-state index is 12.4. The lowest BCUT2D eigenvalue weighted by atomic mass is 10.0. The van der Waals surface area contributed by atoms with Gasteiger partial charge in [-0.05, 0) is 55.2 Å². The van der Waals surface area contributed by atoms with Crippen LogP contribution in [0.5, 0.6) is 0 Å². The highest BCUT2D eigenvalue weighted by atomic mass is 16.1. The quantitative estimate of drug-likeness (QED) is 0.776. The molecule has 0 unspecified atom stereocenters. The summed E-state index contributed by atoms with van der Waals surface area (Å²) in [6, 6.07) is 19.6. The lowest BCUT2D eigenvalue weighted by molar-refractivity contribution is 0.102. The van der Waals surface area contributed by atoms with Gasteiger partial charge in [-0.15, -0.1) is 10.2 Å². The van der Waals surface area contributed by atoms with Crippen LogP contribution in [-0.2, 0) is 6.42 Å². The zero-order valence-electron chi connectivity index (χ0n) is 14.6. The summed E-state index contributed by atoms with van der Waals surface area (Å²) >= 11 is 0. The highest BCUT2D eigenvalue weighted by molar-refractivity contribution is 6.04. The number of fused-ring (bicyclic) bond motifs is 1. The Morgan fingerprint density at radius 1 is 1.00 bits per heavy atom. The van der Waals surface area contributed by atoms with E-state index in [0.717, 1.165) is 30.8 Å². The topological polar surface area (TPSA) is 58.1 Å². The van der Waals surface area contributed by atoms with Crippen molar-refractivity contribution in [2.24, 2.45) is 0 Å². The molecule has 1 amide bonds. The van der Waals surface area contributed by atoms with E-state index in [2.05, 4.69) is 38.6 Å². The Bertz CT molecular complexity index is 937. The first-order chi connectivity index (χ1) is 12.7. The Balaban J connectivity index is 1.53. The summed E-state index contributed by atoms with van der Waals surface area (Å²) in [5.41, 5.74) is 4.09.